The summed E-state index contributed by atoms with van der Waals surface area (Å²) < 4.78 is 28.5. The van der Waals surface area contributed by atoms with E-state index < -0.39 is 10.0 Å². The number of benzene rings is 2. The normalized spacial score (nSPS) is 11.5. The van der Waals surface area contributed by atoms with Crippen molar-refractivity contribution in [3.8, 4) is 0 Å². The molecule has 0 spiro atoms. The van der Waals surface area contributed by atoms with Gasteiger partial charge in [-0.3, -0.25) is 4.31 Å². The maximum atomic E-state index is 13.0. The van der Waals surface area contributed by atoms with Crippen LogP contribution in [-0.2, 0) is 10.0 Å². The number of anilines is 1. The highest BCUT2D eigenvalue weighted by Crippen LogP contribution is 2.35. The van der Waals surface area contributed by atoms with E-state index in [1.54, 1.807) is 18.2 Å². The molecule has 3 nitrogen and oxygen atoms in total. The molecule has 0 aliphatic heterocycles. The van der Waals surface area contributed by atoms with E-state index in [2.05, 4.69) is 6.58 Å². The lowest BCUT2D eigenvalue weighted by Crippen LogP contribution is -2.30. The predicted octanol–water partition coefficient (Wildman–Crippen LogP) is 4.59. The lowest BCUT2D eigenvalue weighted by Gasteiger charge is -2.21. The Labute approximate surface area is 140 Å². The van der Waals surface area contributed by atoms with Gasteiger partial charge in [0, 0.05) is 4.70 Å². The summed E-state index contributed by atoms with van der Waals surface area (Å²) in [4.78, 5) is 0.294. The van der Waals surface area contributed by atoms with Crippen LogP contribution in [0.5, 0.6) is 0 Å². The number of sulfonamides is 1. The van der Waals surface area contributed by atoms with E-state index in [4.69, 9.17) is 0 Å². The number of thiophene rings is 1. The molecule has 118 valence electrons. The summed E-state index contributed by atoms with van der Waals surface area (Å²) in [5.74, 6) is 0. The summed E-state index contributed by atoms with van der Waals surface area (Å²) in [6.07, 6.45) is 1.61. The van der Waals surface area contributed by atoms with E-state index in [1.165, 1.54) is 15.6 Å². The molecule has 0 atom stereocenters. The summed E-state index contributed by atoms with van der Waals surface area (Å²) in [5.41, 5.74) is 1.03. The number of rotatable bonds is 5. The third-order valence-electron chi connectivity index (χ3n) is 3.56. The van der Waals surface area contributed by atoms with Crippen molar-refractivity contribution in [1.29, 1.82) is 0 Å². The topological polar surface area (TPSA) is 37.4 Å². The second-order valence-electron chi connectivity index (χ2n) is 5.26. The molecule has 1 aromatic heterocycles. The second kappa shape index (κ2) is 6.18. The van der Waals surface area contributed by atoms with Gasteiger partial charge in [0.05, 0.1) is 11.4 Å². The largest absolute Gasteiger partial charge is 0.265 e. The standard InChI is InChI=1S/C18H17NO2S2/c1-3-12-19(18-13-15-6-4-5-7-17(15)22-18)23(20,21)16-10-8-14(2)9-11-16/h3-11,13H,1,12H2,2H3. The van der Waals surface area contributed by atoms with Crippen LogP contribution >= 0.6 is 11.3 Å². The predicted molar refractivity (Wildman–Crippen MR) is 97.7 cm³/mol. The van der Waals surface area contributed by atoms with Crippen molar-refractivity contribution in [2.45, 2.75) is 11.8 Å². The van der Waals surface area contributed by atoms with Gasteiger partial charge in [-0.15, -0.1) is 17.9 Å². The first-order valence-corrected chi connectivity index (χ1v) is 9.47. The van der Waals surface area contributed by atoms with E-state index in [0.29, 0.717) is 9.90 Å². The van der Waals surface area contributed by atoms with Gasteiger partial charge in [0.2, 0.25) is 0 Å². The highest BCUT2D eigenvalue weighted by Gasteiger charge is 2.25. The van der Waals surface area contributed by atoms with Crippen LogP contribution in [0.2, 0.25) is 0 Å². The maximum Gasteiger partial charge on any atom is 0.265 e. The zero-order valence-corrected chi connectivity index (χ0v) is 14.4. The van der Waals surface area contributed by atoms with Gasteiger partial charge in [-0.05, 0) is 36.6 Å². The molecule has 0 saturated carbocycles. The minimum atomic E-state index is -3.61. The molecular weight excluding hydrogens is 326 g/mol. The number of nitrogens with zero attached hydrogens (tertiary/aromatic N) is 1. The Morgan fingerprint density at radius 2 is 1.83 bits per heavy atom. The molecule has 3 aromatic rings. The fraction of sp³-hybridized carbons (Fsp3) is 0.111. The number of hydrogen-bond donors (Lipinski definition) is 0. The van der Waals surface area contributed by atoms with Gasteiger partial charge in [-0.25, -0.2) is 8.42 Å². The smallest absolute Gasteiger partial charge is 0.253 e. The van der Waals surface area contributed by atoms with Crippen molar-refractivity contribution in [1.82, 2.24) is 0 Å². The molecule has 0 bridgehead atoms. The van der Waals surface area contributed by atoms with Crippen LogP contribution < -0.4 is 4.31 Å². The molecular formula is C18H17NO2S2. The first-order chi connectivity index (χ1) is 11.0. The summed E-state index contributed by atoms with van der Waals surface area (Å²) >= 11 is 1.47. The molecule has 0 N–H and O–H groups in total. The highest BCUT2D eigenvalue weighted by atomic mass is 32.2. The van der Waals surface area contributed by atoms with Crippen LogP contribution in [0.1, 0.15) is 5.56 Å². The van der Waals surface area contributed by atoms with Gasteiger partial charge in [0.15, 0.2) is 0 Å². The lowest BCUT2D eigenvalue weighted by atomic mass is 10.2. The van der Waals surface area contributed by atoms with E-state index in [1.807, 2.05) is 49.4 Å². The van der Waals surface area contributed by atoms with E-state index in [-0.39, 0.29) is 6.54 Å². The van der Waals surface area contributed by atoms with E-state index in [0.717, 1.165) is 15.6 Å². The summed E-state index contributed by atoms with van der Waals surface area (Å²) in [7, 11) is -3.61. The van der Waals surface area contributed by atoms with Gasteiger partial charge in [0.25, 0.3) is 10.0 Å². The van der Waals surface area contributed by atoms with Gasteiger partial charge < -0.3 is 0 Å². The molecule has 1 heterocycles. The summed E-state index contributed by atoms with van der Waals surface area (Å²) in [5, 5.41) is 1.74. The Kier molecular flexibility index (Phi) is 4.24. The lowest BCUT2D eigenvalue weighted by molar-refractivity contribution is 0.593. The van der Waals surface area contributed by atoms with Crippen LogP contribution in [0.25, 0.3) is 10.1 Å². The van der Waals surface area contributed by atoms with Crippen LogP contribution in [-0.4, -0.2) is 15.0 Å². The van der Waals surface area contributed by atoms with Crippen LogP contribution in [0.3, 0.4) is 0 Å². The first kappa shape index (κ1) is 15.8. The van der Waals surface area contributed by atoms with Crippen molar-refractivity contribution >= 4 is 36.4 Å². The average molecular weight is 343 g/mol. The van der Waals surface area contributed by atoms with E-state index in [9.17, 15) is 8.42 Å². The Bertz CT molecular complexity index is 908. The third-order valence-corrected chi connectivity index (χ3v) is 6.61. The SMILES string of the molecule is C=CCN(c1cc2ccccc2s1)S(=O)(=O)c1ccc(C)cc1. The third kappa shape index (κ3) is 3.02. The van der Waals surface area contributed by atoms with Gasteiger partial charge in [-0.2, -0.15) is 0 Å². The monoisotopic (exact) mass is 343 g/mol. The summed E-state index contributed by atoms with van der Waals surface area (Å²) in [6, 6.07) is 16.7. The number of fused-ring (bicyclic) bond motifs is 1. The molecule has 0 fully saturated rings. The quantitative estimate of drug-likeness (QED) is 0.635. The molecule has 0 saturated heterocycles. The van der Waals surface area contributed by atoms with Crippen molar-refractivity contribution in [2.24, 2.45) is 0 Å². The molecule has 0 amide bonds. The second-order valence-corrected chi connectivity index (χ2v) is 8.18. The molecule has 2 aromatic carbocycles. The van der Waals surface area contributed by atoms with Gasteiger partial charge in [0.1, 0.15) is 5.00 Å². The van der Waals surface area contributed by atoms with Crippen LogP contribution in [0.4, 0.5) is 5.00 Å². The zero-order chi connectivity index (χ0) is 16.4. The average Bonchev–Trinajstić information content (AvgIpc) is 2.96. The molecule has 5 heteroatoms. The van der Waals surface area contributed by atoms with Crippen LogP contribution in [0, 0.1) is 6.92 Å². The maximum absolute atomic E-state index is 13.0. The van der Waals surface area contributed by atoms with Crippen LogP contribution in [0.15, 0.2) is 72.1 Å². The Morgan fingerprint density at radius 1 is 1.13 bits per heavy atom. The molecule has 0 radical (unpaired) electrons. The molecule has 3 rings (SSSR count). The van der Waals surface area contributed by atoms with Crippen molar-refractivity contribution < 1.29 is 8.42 Å². The number of hydrogen-bond acceptors (Lipinski definition) is 3. The molecule has 0 unspecified atom stereocenters. The minimum absolute atomic E-state index is 0.239. The van der Waals surface area contributed by atoms with Crippen molar-refractivity contribution in [2.75, 3.05) is 10.8 Å². The zero-order valence-electron chi connectivity index (χ0n) is 12.8. The summed E-state index contributed by atoms with van der Waals surface area (Å²) in [6.45, 7) is 5.87. The van der Waals surface area contributed by atoms with Crippen molar-refractivity contribution in [3.63, 3.8) is 0 Å². The fourth-order valence-corrected chi connectivity index (χ4v) is 5.06. The first-order valence-electron chi connectivity index (χ1n) is 7.21. The Balaban J connectivity index is 2.10. The Morgan fingerprint density at radius 3 is 2.48 bits per heavy atom. The van der Waals surface area contributed by atoms with Gasteiger partial charge in [-0.1, -0.05) is 42.0 Å². The highest BCUT2D eigenvalue weighted by molar-refractivity contribution is 7.93. The number of aryl methyl sites for hydroxylation is 1. The minimum Gasteiger partial charge on any atom is -0.253 e. The molecule has 0 aliphatic rings. The van der Waals surface area contributed by atoms with Gasteiger partial charge >= 0.3 is 0 Å². The van der Waals surface area contributed by atoms with E-state index >= 15 is 0 Å². The fourth-order valence-electron chi connectivity index (χ4n) is 2.35. The van der Waals surface area contributed by atoms with Crippen molar-refractivity contribution in [3.05, 3.63) is 72.8 Å². The molecule has 23 heavy (non-hydrogen) atoms. The Hall–Kier alpha value is -2.11. The molecule has 0 aliphatic carbocycles.